The Morgan fingerprint density at radius 2 is 2.31 bits per heavy atom. The number of hydrogen-bond donors (Lipinski definition) is 0. The van der Waals surface area contributed by atoms with Crippen LogP contribution in [0.5, 0.6) is 0 Å². The fraction of sp³-hybridized carbons (Fsp3) is 0.727. The first-order valence-electron chi connectivity index (χ1n) is 5.20. The van der Waals surface area contributed by atoms with Crippen molar-refractivity contribution in [3.63, 3.8) is 0 Å². The van der Waals surface area contributed by atoms with Crippen molar-refractivity contribution in [3.8, 4) is 0 Å². The van der Waals surface area contributed by atoms with Crippen molar-refractivity contribution >= 4 is 5.71 Å². The SMILES string of the molecule is CC1=C/C(=N/OCC2CC2)CCC1. The summed E-state index contributed by atoms with van der Waals surface area (Å²) in [6, 6.07) is 0. The summed E-state index contributed by atoms with van der Waals surface area (Å²) in [6.07, 6.45) is 8.37. The van der Waals surface area contributed by atoms with Crippen LogP contribution in [0.25, 0.3) is 0 Å². The van der Waals surface area contributed by atoms with Gasteiger partial charge in [-0.2, -0.15) is 0 Å². The quantitative estimate of drug-likeness (QED) is 0.610. The third-order valence-corrected chi connectivity index (χ3v) is 2.61. The second-order valence-corrected chi connectivity index (χ2v) is 4.17. The zero-order valence-corrected chi connectivity index (χ0v) is 8.25. The summed E-state index contributed by atoms with van der Waals surface area (Å²) >= 11 is 0. The molecule has 2 aliphatic rings. The van der Waals surface area contributed by atoms with E-state index in [-0.39, 0.29) is 0 Å². The molecule has 0 aliphatic heterocycles. The lowest BCUT2D eigenvalue weighted by atomic mass is 10.00. The van der Waals surface area contributed by atoms with Gasteiger partial charge in [-0.05, 0) is 51.0 Å². The van der Waals surface area contributed by atoms with Crippen LogP contribution in [0.4, 0.5) is 0 Å². The summed E-state index contributed by atoms with van der Waals surface area (Å²) in [6.45, 7) is 2.99. The van der Waals surface area contributed by atoms with Crippen molar-refractivity contribution in [1.29, 1.82) is 0 Å². The first kappa shape index (κ1) is 8.79. The van der Waals surface area contributed by atoms with Gasteiger partial charge in [0.1, 0.15) is 6.61 Å². The van der Waals surface area contributed by atoms with Crippen LogP contribution in [0.2, 0.25) is 0 Å². The minimum Gasteiger partial charge on any atom is -0.395 e. The Kier molecular flexibility index (Phi) is 2.67. The number of nitrogens with zero attached hydrogens (tertiary/aromatic N) is 1. The Hall–Kier alpha value is -0.790. The lowest BCUT2D eigenvalue weighted by Crippen LogP contribution is -2.03. The molecule has 0 atom stereocenters. The largest absolute Gasteiger partial charge is 0.395 e. The Balaban J connectivity index is 1.79. The Morgan fingerprint density at radius 3 is 3.00 bits per heavy atom. The minimum atomic E-state index is 0.804. The van der Waals surface area contributed by atoms with Crippen molar-refractivity contribution in [3.05, 3.63) is 11.6 Å². The van der Waals surface area contributed by atoms with Gasteiger partial charge < -0.3 is 4.84 Å². The van der Waals surface area contributed by atoms with Gasteiger partial charge in [0.15, 0.2) is 0 Å². The summed E-state index contributed by atoms with van der Waals surface area (Å²) in [5.74, 6) is 0.804. The normalized spacial score (nSPS) is 25.9. The van der Waals surface area contributed by atoms with Gasteiger partial charge in [0.2, 0.25) is 0 Å². The molecule has 2 heteroatoms. The molecule has 2 rings (SSSR count). The molecule has 2 nitrogen and oxygen atoms in total. The number of rotatable bonds is 3. The Labute approximate surface area is 79.7 Å². The van der Waals surface area contributed by atoms with E-state index in [4.69, 9.17) is 4.84 Å². The van der Waals surface area contributed by atoms with Crippen LogP contribution in [-0.4, -0.2) is 12.3 Å². The van der Waals surface area contributed by atoms with Crippen LogP contribution in [0.3, 0.4) is 0 Å². The summed E-state index contributed by atoms with van der Waals surface area (Å²) in [4.78, 5) is 5.29. The highest BCUT2D eigenvalue weighted by Gasteiger charge is 2.21. The van der Waals surface area contributed by atoms with Crippen LogP contribution in [0, 0.1) is 5.92 Å². The second kappa shape index (κ2) is 3.95. The third-order valence-electron chi connectivity index (χ3n) is 2.61. The van der Waals surface area contributed by atoms with Gasteiger partial charge in [0.25, 0.3) is 0 Å². The summed E-state index contributed by atoms with van der Waals surface area (Å²) in [7, 11) is 0. The van der Waals surface area contributed by atoms with E-state index in [1.807, 2.05) is 0 Å². The minimum absolute atomic E-state index is 0.804. The molecule has 0 radical (unpaired) electrons. The van der Waals surface area contributed by atoms with Gasteiger partial charge in [-0.1, -0.05) is 10.7 Å². The van der Waals surface area contributed by atoms with E-state index in [9.17, 15) is 0 Å². The van der Waals surface area contributed by atoms with Crippen LogP contribution in [0.1, 0.15) is 39.0 Å². The molecule has 0 bridgehead atoms. The fourth-order valence-corrected chi connectivity index (χ4v) is 1.56. The van der Waals surface area contributed by atoms with Crippen molar-refractivity contribution in [1.82, 2.24) is 0 Å². The highest BCUT2D eigenvalue weighted by atomic mass is 16.6. The van der Waals surface area contributed by atoms with E-state index >= 15 is 0 Å². The molecule has 0 spiro atoms. The van der Waals surface area contributed by atoms with Crippen molar-refractivity contribution in [2.75, 3.05) is 6.61 Å². The molecule has 0 heterocycles. The predicted octanol–water partition coefficient (Wildman–Crippen LogP) is 2.90. The summed E-state index contributed by atoms with van der Waals surface area (Å²) in [5, 5.41) is 4.15. The van der Waals surface area contributed by atoms with E-state index in [1.54, 1.807) is 0 Å². The van der Waals surface area contributed by atoms with Gasteiger partial charge >= 0.3 is 0 Å². The molecule has 0 amide bonds. The molecule has 1 saturated carbocycles. The molecule has 0 unspecified atom stereocenters. The molecule has 1 fully saturated rings. The molecule has 13 heavy (non-hydrogen) atoms. The average Bonchev–Trinajstić information content (AvgIpc) is 2.88. The topological polar surface area (TPSA) is 21.6 Å². The maximum Gasteiger partial charge on any atom is 0.120 e. The summed E-state index contributed by atoms with van der Waals surface area (Å²) < 4.78 is 0. The number of allylic oxidation sites excluding steroid dienone is 2. The van der Waals surface area contributed by atoms with Crippen LogP contribution < -0.4 is 0 Å². The maximum atomic E-state index is 5.29. The lowest BCUT2D eigenvalue weighted by Gasteiger charge is -2.09. The number of hydrogen-bond acceptors (Lipinski definition) is 2. The van der Waals surface area contributed by atoms with E-state index in [0.717, 1.165) is 24.7 Å². The molecule has 72 valence electrons. The molecule has 0 aromatic carbocycles. The Bertz CT molecular complexity index is 238. The van der Waals surface area contributed by atoms with Gasteiger partial charge in [0.05, 0.1) is 5.71 Å². The van der Waals surface area contributed by atoms with Gasteiger partial charge in [-0.3, -0.25) is 0 Å². The maximum absolute atomic E-state index is 5.29. The third kappa shape index (κ3) is 2.87. The first-order chi connectivity index (χ1) is 6.34. The molecular weight excluding hydrogens is 162 g/mol. The van der Waals surface area contributed by atoms with Crippen molar-refractivity contribution < 1.29 is 4.84 Å². The smallest absolute Gasteiger partial charge is 0.120 e. The number of oxime groups is 1. The molecule has 0 saturated heterocycles. The first-order valence-corrected chi connectivity index (χ1v) is 5.20. The van der Waals surface area contributed by atoms with Gasteiger partial charge in [-0.25, -0.2) is 0 Å². The van der Waals surface area contributed by atoms with Crippen molar-refractivity contribution in [2.24, 2.45) is 11.1 Å². The predicted molar refractivity (Wildman–Crippen MR) is 53.7 cm³/mol. The molecule has 0 N–H and O–H groups in total. The van der Waals surface area contributed by atoms with Gasteiger partial charge in [0, 0.05) is 0 Å². The van der Waals surface area contributed by atoms with Crippen LogP contribution in [0.15, 0.2) is 16.8 Å². The highest BCUT2D eigenvalue weighted by Crippen LogP contribution is 2.28. The van der Waals surface area contributed by atoms with Gasteiger partial charge in [-0.15, -0.1) is 0 Å². The molecule has 0 aromatic heterocycles. The molecule has 0 aromatic rings. The zero-order valence-electron chi connectivity index (χ0n) is 8.25. The van der Waals surface area contributed by atoms with E-state index in [1.165, 1.54) is 31.3 Å². The molecular formula is C11H17NO. The van der Waals surface area contributed by atoms with Crippen molar-refractivity contribution in [2.45, 2.75) is 39.0 Å². The second-order valence-electron chi connectivity index (χ2n) is 4.17. The zero-order chi connectivity index (χ0) is 9.10. The fourth-order valence-electron chi connectivity index (χ4n) is 1.56. The lowest BCUT2D eigenvalue weighted by molar-refractivity contribution is 0.133. The average molecular weight is 179 g/mol. The standard InChI is InChI=1S/C11H17NO/c1-9-3-2-4-11(7-9)12-13-8-10-5-6-10/h7,10H,2-6,8H2,1H3/b12-11+. The molecule has 2 aliphatic carbocycles. The summed E-state index contributed by atoms with van der Waals surface area (Å²) in [5.41, 5.74) is 2.56. The van der Waals surface area contributed by atoms with Crippen LogP contribution >= 0.6 is 0 Å². The van der Waals surface area contributed by atoms with E-state index in [2.05, 4.69) is 18.2 Å². The monoisotopic (exact) mass is 179 g/mol. The van der Waals surface area contributed by atoms with E-state index < -0.39 is 0 Å². The Morgan fingerprint density at radius 1 is 1.46 bits per heavy atom. The highest BCUT2D eigenvalue weighted by molar-refractivity contribution is 5.95. The van der Waals surface area contributed by atoms with Crippen LogP contribution in [-0.2, 0) is 4.84 Å². The van der Waals surface area contributed by atoms with E-state index in [0.29, 0.717) is 0 Å².